The lowest BCUT2D eigenvalue weighted by Gasteiger charge is -2.34. The van der Waals surface area contributed by atoms with Gasteiger partial charge in [0.25, 0.3) is 5.91 Å². The van der Waals surface area contributed by atoms with Gasteiger partial charge in [0, 0.05) is 55.3 Å². The number of carbonyl (C=O) groups is 1. The molecule has 0 aliphatic carbocycles. The molecule has 258 valence electrons. The fraction of sp³-hybridized carbons (Fsp3) is 0.270. The summed E-state index contributed by atoms with van der Waals surface area (Å²) in [6.07, 6.45) is 7.66. The molecule has 1 aliphatic rings. The van der Waals surface area contributed by atoms with Crippen LogP contribution in [0.3, 0.4) is 0 Å². The van der Waals surface area contributed by atoms with Crippen LogP contribution in [-0.2, 0) is 17.9 Å². The number of anilines is 1. The molecule has 0 radical (unpaired) electrons. The Kier molecular flexibility index (Phi) is 10.1. The van der Waals surface area contributed by atoms with Crippen LogP contribution in [0.2, 0.25) is 0 Å². The average Bonchev–Trinajstić information content (AvgIpc) is 3.53. The van der Waals surface area contributed by atoms with Gasteiger partial charge >= 0.3 is 0 Å². The van der Waals surface area contributed by atoms with Gasteiger partial charge in [-0.05, 0) is 79.8 Å². The van der Waals surface area contributed by atoms with Crippen LogP contribution in [0.15, 0.2) is 67.0 Å². The minimum absolute atomic E-state index is 0.0948. The van der Waals surface area contributed by atoms with Crippen molar-refractivity contribution in [2.75, 3.05) is 18.0 Å². The Labute approximate surface area is 293 Å². The molecule has 0 atom stereocenters. The van der Waals surface area contributed by atoms with Crippen molar-refractivity contribution in [2.24, 2.45) is 0 Å². The number of benzene rings is 2. The van der Waals surface area contributed by atoms with Crippen LogP contribution in [0, 0.1) is 28.5 Å². The highest BCUT2D eigenvalue weighted by molar-refractivity contribution is 5.93. The molecule has 1 fully saturated rings. The molecule has 0 unspecified atom stereocenters. The summed E-state index contributed by atoms with van der Waals surface area (Å²) >= 11 is 0. The predicted octanol–water partition coefficient (Wildman–Crippen LogP) is 4.49. The minimum Gasteiger partial charge on any atom is -0.389 e. The highest BCUT2D eigenvalue weighted by Crippen LogP contribution is 2.40. The standard InChI is InChI=1S/C37H35FN10O3/c1-37(2,50)22-48-33-9-7-24(16-32(33)44-46-48)30-21-43-36(29(18-40)35(30)25-5-6-26(17-39)31(38)15-25)47-13-11-27(12-14-47)42-20-28-8-3-23(19-41-28)4-10-34(49)45-51/h3-10,15-16,19,21,27,42,50-51H,11-14,20,22H2,1-2H3,(H,45,49)/b10-4+. The number of rotatable bonds is 10. The van der Waals surface area contributed by atoms with E-state index in [1.807, 2.05) is 36.4 Å². The maximum Gasteiger partial charge on any atom is 0.267 e. The molecule has 3 aromatic heterocycles. The zero-order chi connectivity index (χ0) is 36.1. The van der Waals surface area contributed by atoms with Gasteiger partial charge in [0.15, 0.2) is 0 Å². The first kappa shape index (κ1) is 34.8. The average molecular weight is 687 g/mol. The molecule has 6 rings (SSSR count). The van der Waals surface area contributed by atoms with E-state index in [0.717, 1.165) is 29.6 Å². The van der Waals surface area contributed by atoms with E-state index in [1.165, 1.54) is 18.2 Å². The number of aromatic nitrogens is 5. The van der Waals surface area contributed by atoms with Gasteiger partial charge in [-0.1, -0.05) is 23.4 Å². The summed E-state index contributed by atoms with van der Waals surface area (Å²) in [5.41, 5.74) is 5.85. The summed E-state index contributed by atoms with van der Waals surface area (Å²) in [6, 6.07) is 18.0. The molecule has 1 amide bonds. The number of fused-ring (bicyclic) bond motifs is 1. The third-order valence-corrected chi connectivity index (χ3v) is 8.66. The Balaban J connectivity index is 1.25. The van der Waals surface area contributed by atoms with Crippen LogP contribution in [0.1, 0.15) is 49.1 Å². The number of carbonyl (C=O) groups excluding carboxylic acids is 1. The second-order valence-electron chi connectivity index (χ2n) is 13.0. The van der Waals surface area contributed by atoms with Crippen molar-refractivity contribution in [3.63, 3.8) is 0 Å². The third-order valence-electron chi connectivity index (χ3n) is 8.66. The first-order valence-electron chi connectivity index (χ1n) is 16.3. The summed E-state index contributed by atoms with van der Waals surface area (Å²) in [6.45, 7) is 5.43. The quantitative estimate of drug-likeness (QED) is 0.0921. The molecular weight excluding hydrogens is 651 g/mol. The van der Waals surface area contributed by atoms with Crippen molar-refractivity contribution in [3.05, 3.63) is 95.2 Å². The van der Waals surface area contributed by atoms with E-state index in [2.05, 4.69) is 31.6 Å². The molecule has 5 aromatic rings. The molecule has 13 nitrogen and oxygen atoms in total. The van der Waals surface area contributed by atoms with Crippen LogP contribution in [-0.4, -0.2) is 65.9 Å². The van der Waals surface area contributed by atoms with Crippen LogP contribution in [0.4, 0.5) is 10.2 Å². The first-order chi connectivity index (χ1) is 24.6. The van der Waals surface area contributed by atoms with E-state index in [4.69, 9.17) is 10.2 Å². The van der Waals surface area contributed by atoms with Crippen LogP contribution in [0.5, 0.6) is 0 Å². The zero-order valence-corrected chi connectivity index (χ0v) is 28.0. The number of pyridine rings is 2. The number of nitrogens with one attached hydrogen (secondary N) is 2. The van der Waals surface area contributed by atoms with E-state index < -0.39 is 17.3 Å². The SMILES string of the molecule is CC(C)(O)Cn1nnc2cc(-c3cnc(N4CCC(NCc5ccc(/C=C/C(=O)NO)cn5)CC4)c(C#N)c3-c3ccc(C#N)c(F)c3)ccc21. The van der Waals surface area contributed by atoms with Gasteiger partial charge < -0.3 is 15.3 Å². The predicted molar refractivity (Wildman–Crippen MR) is 187 cm³/mol. The Morgan fingerprint density at radius 2 is 1.84 bits per heavy atom. The van der Waals surface area contributed by atoms with Gasteiger partial charge in [-0.3, -0.25) is 15.0 Å². The Bertz CT molecular complexity index is 2190. The molecule has 0 bridgehead atoms. The Morgan fingerprint density at radius 1 is 1.06 bits per heavy atom. The summed E-state index contributed by atoms with van der Waals surface area (Å²) in [5, 5.41) is 51.0. The normalized spacial score (nSPS) is 13.7. The smallest absolute Gasteiger partial charge is 0.267 e. The molecule has 51 heavy (non-hydrogen) atoms. The number of nitriles is 2. The molecule has 4 heterocycles. The number of hydrogen-bond donors (Lipinski definition) is 4. The number of nitrogens with zero attached hydrogens (tertiary/aromatic N) is 8. The number of aliphatic hydroxyl groups is 1. The van der Waals surface area contributed by atoms with Crippen molar-refractivity contribution in [2.45, 2.75) is 51.4 Å². The monoisotopic (exact) mass is 686 g/mol. The molecule has 4 N–H and O–H groups in total. The lowest BCUT2D eigenvalue weighted by molar-refractivity contribution is -0.124. The number of hydrogen-bond acceptors (Lipinski definition) is 11. The van der Waals surface area contributed by atoms with Gasteiger partial charge in [0.2, 0.25) is 0 Å². The maximum atomic E-state index is 15.0. The van der Waals surface area contributed by atoms with Crippen molar-refractivity contribution >= 4 is 28.8 Å². The Hall–Kier alpha value is -6.06. The fourth-order valence-electron chi connectivity index (χ4n) is 6.14. The topological polar surface area (TPSA) is 189 Å². The van der Waals surface area contributed by atoms with Gasteiger partial charge in [-0.15, -0.1) is 5.10 Å². The number of hydroxylamine groups is 1. The number of amides is 1. The first-order valence-corrected chi connectivity index (χ1v) is 16.3. The van der Waals surface area contributed by atoms with E-state index in [-0.39, 0.29) is 18.2 Å². The van der Waals surface area contributed by atoms with Crippen molar-refractivity contribution in [3.8, 4) is 34.4 Å². The summed E-state index contributed by atoms with van der Waals surface area (Å²) in [7, 11) is 0. The molecular formula is C37H35FN10O3. The molecule has 0 spiro atoms. The number of halogens is 1. The molecule has 1 aliphatic heterocycles. The van der Waals surface area contributed by atoms with E-state index in [9.17, 15) is 20.4 Å². The second kappa shape index (κ2) is 14.8. The number of piperidine rings is 1. The highest BCUT2D eigenvalue weighted by Gasteiger charge is 2.26. The highest BCUT2D eigenvalue weighted by atomic mass is 19.1. The third kappa shape index (κ3) is 7.90. The lowest BCUT2D eigenvalue weighted by Crippen LogP contribution is -2.43. The maximum absolute atomic E-state index is 15.0. The van der Waals surface area contributed by atoms with Gasteiger partial charge in [-0.25, -0.2) is 19.5 Å². The van der Waals surface area contributed by atoms with E-state index >= 15 is 4.39 Å². The summed E-state index contributed by atoms with van der Waals surface area (Å²) < 4.78 is 16.7. The second-order valence-corrected chi connectivity index (χ2v) is 13.0. The van der Waals surface area contributed by atoms with Crippen LogP contribution >= 0.6 is 0 Å². The Morgan fingerprint density at radius 3 is 2.51 bits per heavy atom. The molecule has 1 saturated heterocycles. The van der Waals surface area contributed by atoms with Gasteiger partial charge in [0.1, 0.15) is 34.9 Å². The van der Waals surface area contributed by atoms with Gasteiger partial charge in [-0.2, -0.15) is 10.5 Å². The van der Waals surface area contributed by atoms with Crippen molar-refractivity contribution in [1.29, 1.82) is 10.5 Å². The van der Waals surface area contributed by atoms with Crippen molar-refractivity contribution in [1.82, 2.24) is 35.8 Å². The van der Waals surface area contributed by atoms with E-state index in [0.29, 0.717) is 58.8 Å². The van der Waals surface area contributed by atoms with Gasteiger partial charge in [0.05, 0.1) is 28.9 Å². The zero-order valence-electron chi connectivity index (χ0n) is 28.0. The van der Waals surface area contributed by atoms with E-state index in [1.54, 1.807) is 48.5 Å². The summed E-state index contributed by atoms with van der Waals surface area (Å²) in [5.74, 6) is -0.811. The minimum atomic E-state index is -0.996. The molecule has 2 aromatic carbocycles. The van der Waals surface area contributed by atoms with Crippen LogP contribution in [0.25, 0.3) is 39.4 Å². The van der Waals surface area contributed by atoms with Crippen LogP contribution < -0.4 is 15.7 Å². The fourth-order valence-corrected chi connectivity index (χ4v) is 6.14. The lowest BCUT2D eigenvalue weighted by atomic mass is 9.91. The summed E-state index contributed by atoms with van der Waals surface area (Å²) in [4.78, 5) is 22.5. The van der Waals surface area contributed by atoms with Crippen molar-refractivity contribution < 1.29 is 19.5 Å². The molecule has 0 saturated carbocycles. The molecule has 14 heteroatoms. The largest absolute Gasteiger partial charge is 0.389 e.